The molecular weight excluding hydrogens is 236 g/mol. The van der Waals surface area contributed by atoms with Crippen LogP contribution in [-0.4, -0.2) is 23.9 Å². The zero-order valence-electron chi connectivity index (χ0n) is 11.6. The van der Waals surface area contributed by atoms with Crippen LogP contribution >= 0.6 is 0 Å². The quantitative estimate of drug-likeness (QED) is 0.815. The van der Waals surface area contributed by atoms with Crippen molar-refractivity contribution in [3.8, 4) is 6.07 Å². The second kappa shape index (κ2) is 5.88. The Kier molecular flexibility index (Phi) is 4.21. The van der Waals surface area contributed by atoms with Crippen LogP contribution in [0.5, 0.6) is 0 Å². The minimum atomic E-state index is 0.0586. The number of carbonyl (C=O) groups excluding carboxylic acids is 1. The SMILES string of the molecule is CC1CCCCC1N(C)C(=O)c1ccc(C#N)cc1. The van der Waals surface area contributed by atoms with E-state index in [0.717, 1.165) is 6.42 Å². The molecule has 3 nitrogen and oxygen atoms in total. The fourth-order valence-corrected chi connectivity index (χ4v) is 2.91. The number of nitriles is 1. The maximum absolute atomic E-state index is 12.4. The first kappa shape index (κ1) is 13.6. The van der Waals surface area contributed by atoms with Crippen molar-refractivity contribution >= 4 is 5.91 Å². The minimum Gasteiger partial charge on any atom is -0.338 e. The first-order chi connectivity index (χ1) is 9.13. The Bertz CT molecular complexity index is 486. The van der Waals surface area contributed by atoms with Crippen LogP contribution in [0.1, 0.15) is 48.5 Å². The molecule has 100 valence electrons. The molecule has 1 amide bonds. The molecule has 3 heteroatoms. The Morgan fingerprint density at radius 2 is 1.89 bits per heavy atom. The van der Waals surface area contributed by atoms with Crippen LogP contribution in [0.4, 0.5) is 0 Å². The smallest absolute Gasteiger partial charge is 0.253 e. The van der Waals surface area contributed by atoms with Gasteiger partial charge in [0.1, 0.15) is 0 Å². The van der Waals surface area contributed by atoms with Gasteiger partial charge in [-0.3, -0.25) is 4.79 Å². The normalized spacial score (nSPS) is 22.6. The molecule has 2 rings (SSSR count). The third-order valence-electron chi connectivity index (χ3n) is 4.14. The summed E-state index contributed by atoms with van der Waals surface area (Å²) >= 11 is 0. The van der Waals surface area contributed by atoms with E-state index >= 15 is 0 Å². The van der Waals surface area contributed by atoms with E-state index in [4.69, 9.17) is 5.26 Å². The predicted octanol–water partition coefficient (Wildman–Crippen LogP) is 3.21. The molecule has 1 fully saturated rings. The van der Waals surface area contributed by atoms with Gasteiger partial charge < -0.3 is 4.90 Å². The number of rotatable bonds is 2. The van der Waals surface area contributed by atoms with Crippen molar-refractivity contribution in [1.29, 1.82) is 5.26 Å². The van der Waals surface area contributed by atoms with E-state index in [-0.39, 0.29) is 5.91 Å². The molecule has 1 saturated carbocycles. The van der Waals surface area contributed by atoms with E-state index in [2.05, 4.69) is 13.0 Å². The highest BCUT2D eigenvalue weighted by atomic mass is 16.2. The highest BCUT2D eigenvalue weighted by Crippen LogP contribution is 2.28. The zero-order valence-corrected chi connectivity index (χ0v) is 11.6. The van der Waals surface area contributed by atoms with Gasteiger partial charge in [0.05, 0.1) is 11.6 Å². The number of carbonyl (C=O) groups is 1. The van der Waals surface area contributed by atoms with Crippen LogP contribution < -0.4 is 0 Å². The van der Waals surface area contributed by atoms with Crippen LogP contribution in [0.15, 0.2) is 24.3 Å². The minimum absolute atomic E-state index is 0.0586. The Balaban J connectivity index is 2.11. The zero-order chi connectivity index (χ0) is 13.8. The van der Waals surface area contributed by atoms with Gasteiger partial charge in [-0.15, -0.1) is 0 Å². The first-order valence-electron chi connectivity index (χ1n) is 6.91. The van der Waals surface area contributed by atoms with Crippen molar-refractivity contribution in [3.05, 3.63) is 35.4 Å². The van der Waals surface area contributed by atoms with Crippen molar-refractivity contribution in [1.82, 2.24) is 4.90 Å². The Morgan fingerprint density at radius 3 is 2.47 bits per heavy atom. The van der Waals surface area contributed by atoms with Gasteiger partial charge in [0.15, 0.2) is 0 Å². The first-order valence-corrected chi connectivity index (χ1v) is 6.91. The lowest BCUT2D eigenvalue weighted by Crippen LogP contribution is -2.42. The molecular formula is C16H20N2O. The molecule has 0 aliphatic heterocycles. The van der Waals surface area contributed by atoms with Gasteiger partial charge in [-0.25, -0.2) is 0 Å². The molecule has 0 saturated heterocycles. The maximum Gasteiger partial charge on any atom is 0.253 e. The van der Waals surface area contributed by atoms with Gasteiger partial charge in [0, 0.05) is 18.7 Å². The molecule has 0 radical (unpaired) electrons. The molecule has 1 aromatic rings. The van der Waals surface area contributed by atoms with Gasteiger partial charge in [-0.05, 0) is 43.0 Å². The fourth-order valence-electron chi connectivity index (χ4n) is 2.91. The number of hydrogen-bond donors (Lipinski definition) is 0. The van der Waals surface area contributed by atoms with Gasteiger partial charge in [0.25, 0.3) is 5.91 Å². The summed E-state index contributed by atoms with van der Waals surface area (Å²) in [4.78, 5) is 14.3. The lowest BCUT2D eigenvalue weighted by atomic mass is 9.85. The number of hydrogen-bond acceptors (Lipinski definition) is 2. The molecule has 0 N–H and O–H groups in total. The highest BCUT2D eigenvalue weighted by molar-refractivity contribution is 5.94. The van der Waals surface area contributed by atoms with E-state index in [1.807, 2.05) is 11.9 Å². The summed E-state index contributed by atoms with van der Waals surface area (Å²) in [6.45, 7) is 2.23. The third kappa shape index (κ3) is 2.96. The van der Waals surface area contributed by atoms with Crippen LogP contribution in [-0.2, 0) is 0 Å². The monoisotopic (exact) mass is 256 g/mol. The Labute approximate surface area is 114 Å². The van der Waals surface area contributed by atoms with Crippen LogP contribution in [0.3, 0.4) is 0 Å². The molecule has 2 unspecified atom stereocenters. The average Bonchev–Trinajstić information content (AvgIpc) is 2.46. The molecule has 1 aliphatic carbocycles. The summed E-state index contributed by atoms with van der Waals surface area (Å²) in [5, 5.41) is 8.77. The topological polar surface area (TPSA) is 44.1 Å². The summed E-state index contributed by atoms with van der Waals surface area (Å²) in [6, 6.07) is 9.29. The second-order valence-corrected chi connectivity index (χ2v) is 5.43. The number of benzene rings is 1. The molecule has 0 spiro atoms. The predicted molar refractivity (Wildman–Crippen MR) is 74.7 cm³/mol. The Hall–Kier alpha value is -1.82. The van der Waals surface area contributed by atoms with Crippen molar-refractivity contribution in [2.45, 2.75) is 38.6 Å². The third-order valence-corrected chi connectivity index (χ3v) is 4.14. The second-order valence-electron chi connectivity index (χ2n) is 5.43. The fraction of sp³-hybridized carbons (Fsp3) is 0.500. The summed E-state index contributed by atoms with van der Waals surface area (Å²) in [7, 11) is 1.90. The van der Waals surface area contributed by atoms with Gasteiger partial charge in [-0.2, -0.15) is 5.26 Å². The Morgan fingerprint density at radius 1 is 1.26 bits per heavy atom. The molecule has 2 atom stereocenters. The van der Waals surface area contributed by atoms with Crippen LogP contribution in [0.25, 0.3) is 0 Å². The molecule has 1 aliphatic rings. The van der Waals surface area contributed by atoms with E-state index in [0.29, 0.717) is 23.1 Å². The molecule has 0 aromatic heterocycles. The highest BCUT2D eigenvalue weighted by Gasteiger charge is 2.28. The van der Waals surface area contributed by atoms with Crippen molar-refractivity contribution < 1.29 is 4.79 Å². The molecule has 1 aromatic carbocycles. The van der Waals surface area contributed by atoms with E-state index in [1.54, 1.807) is 24.3 Å². The molecule has 19 heavy (non-hydrogen) atoms. The average molecular weight is 256 g/mol. The van der Waals surface area contributed by atoms with Gasteiger partial charge in [0.2, 0.25) is 0 Å². The van der Waals surface area contributed by atoms with Crippen molar-refractivity contribution in [2.75, 3.05) is 7.05 Å². The van der Waals surface area contributed by atoms with E-state index in [1.165, 1.54) is 19.3 Å². The molecule has 0 heterocycles. The lowest BCUT2D eigenvalue weighted by molar-refractivity contribution is 0.0629. The molecule has 0 bridgehead atoms. The summed E-state index contributed by atoms with van der Waals surface area (Å²) in [5.74, 6) is 0.629. The maximum atomic E-state index is 12.4. The standard InChI is InChI=1S/C16H20N2O/c1-12-5-3-4-6-15(12)18(2)16(19)14-9-7-13(11-17)8-10-14/h7-10,12,15H,3-6H2,1-2H3. The number of nitrogens with zero attached hydrogens (tertiary/aromatic N) is 2. The lowest BCUT2D eigenvalue weighted by Gasteiger charge is -2.36. The summed E-state index contributed by atoms with van der Waals surface area (Å²) in [5.41, 5.74) is 1.25. The van der Waals surface area contributed by atoms with Crippen molar-refractivity contribution in [3.63, 3.8) is 0 Å². The number of amides is 1. The van der Waals surface area contributed by atoms with E-state index in [9.17, 15) is 4.79 Å². The van der Waals surface area contributed by atoms with Crippen LogP contribution in [0, 0.1) is 17.2 Å². The van der Waals surface area contributed by atoms with Gasteiger partial charge >= 0.3 is 0 Å². The summed E-state index contributed by atoms with van der Waals surface area (Å²) < 4.78 is 0. The van der Waals surface area contributed by atoms with Gasteiger partial charge in [-0.1, -0.05) is 19.8 Å². The largest absolute Gasteiger partial charge is 0.338 e. The van der Waals surface area contributed by atoms with Crippen molar-refractivity contribution in [2.24, 2.45) is 5.92 Å². The van der Waals surface area contributed by atoms with Crippen LogP contribution in [0.2, 0.25) is 0 Å². The van der Waals surface area contributed by atoms with E-state index < -0.39 is 0 Å². The summed E-state index contributed by atoms with van der Waals surface area (Å²) in [6.07, 6.45) is 4.78.